The Hall–Kier alpha value is -1.02. The van der Waals surface area contributed by atoms with Crippen molar-refractivity contribution in [2.24, 2.45) is 5.92 Å². The molecule has 0 radical (unpaired) electrons. The number of hydrogen-bond donors (Lipinski definition) is 1. The van der Waals surface area contributed by atoms with Gasteiger partial charge in [0.25, 0.3) is 0 Å². The molecule has 0 aromatic heterocycles. The maximum Gasteiger partial charge on any atom is 0.0761 e. The highest BCUT2D eigenvalue weighted by Gasteiger charge is 2.25. The van der Waals surface area contributed by atoms with Gasteiger partial charge < -0.3 is 10.0 Å². The molecule has 0 heterocycles. The van der Waals surface area contributed by atoms with E-state index in [9.17, 15) is 5.11 Å². The minimum atomic E-state index is -0.377. The molecule has 0 spiro atoms. The summed E-state index contributed by atoms with van der Waals surface area (Å²) in [6, 6.07) is 8.98. The van der Waals surface area contributed by atoms with Crippen molar-refractivity contribution in [1.82, 2.24) is 0 Å². The highest BCUT2D eigenvalue weighted by atomic mass is 16.3. The summed E-state index contributed by atoms with van der Waals surface area (Å²) in [6.45, 7) is 4.17. The van der Waals surface area contributed by atoms with Crippen molar-refractivity contribution in [2.45, 2.75) is 51.7 Å². The third-order valence-corrected chi connectivity index (χ3v) is 4.35. The summed E-state index contributed by atoms with van der Waals surface area (Å²) in [5.41, 5.74) is 2.25. The lowest BCUT2D eigenvalue weighted by Gasteiger charge is -2.37. The largest absolute Gasteiger partial charge is 0.389 e. The standard InChI is InChI=1S/C16H25NO/c1-12-6-4-5-7-16(12)17(3)15-10-8-14(9-11-15)13(2)18/h8-13,16,18H,4-7H2,1-3H3/t12?,13-,16?/m0/s1. The third kappa shape index (κ3) is 2.86. The van der Waals surface area contributed by atoms with E-state index in [-0.39, 0.29) is 6.10 Å². The zero-order valence-electron chi connectivity index (χ0n) is 11.8. The lowest BCUT2D eigenvalue weighted by Crippen LogP contribution is -2.38. The number of nitrogens with zero attached hydrogens (tertiary/aromatic N) is 1. The molecule has 1 aliphatic rings. The first-order chi connectivity index (χ1) is 8.59. The Kier molecular flexibility index (Phi) is 4.28. The fourth-order valence-electron chi connectivity index (χ4n) is 3.05. The second-order valence-electron chi connectivity index (χ2n) is 5.71. The SMILES string of the molecule is CC1CCCCC1N(C)c1ccc([C@H](C)O)cc1. The maximum atomic E-state index is 9.53. The van der Waals surface area contributed by atoms with Gasteiger partial charge in [0.15, 0.2) is 0 Å². The van der Waals surface area contributed by atoms with Gasteiger partial charge in [0.1, 0.15) is 0 Å². The number of hydrogen-bond acceptors (Lipinski definition) is 2. The molecule has 1 saturated carbocycles. The quantitative estimate of drug-likeness (QED) is 0.879. The average Bonchev–Trinajstić information content (AvgIpc) is 2.38. The van der Waals surface area contributed by atoms with Gasteiger partial charge in [-0.2, -0.15) is 0 Å². The van der Waals surface area contributed by atoms with Gasteiger partial charge >= 0.3 is 0 Å². The third-order valence-electron chi connectivity index (χ3n) is 4.35. The summed E-state index contributed by atoms with van der Waals surface area (Å²) in [5, 5.41) is 9.53. The first-order valence-electron chi connectivity index (χ1n) is 7.10. The van der Waals surface area contributed by atoms with E-state index < -0.39 is 0 Å². The normalized spacial score (nSPS) is 25.8. The Bertz CT molecular complexity index is 371. The van der Waals surface area contributed by atoms with Crippen molar-refractivity contribution in [1.29, 1.82) is 0 Å². The van der Waals surface area contributed by atoms with Crippen LogP contribution < -0.4 is 4.90 Å². The second-order valence-corrected chi connectivity index (χ2v) is 5.71. The zero-order valence-corrected chi connectivity index (χ0v) is 11.8. The van der Waals surface area contributed by atoms with Crippen LogP contribution in [0.4, 0.5) is 5.69 Å². The van der Waals surface area contributed by atoms with Crippen molar-refractivity contribution < 1.29 is 5.11 Å². The molecule has 0 bridgehead atoms. The molecule has 1 aromatic carbocycles. The number of rotatable bonds is 3. The number of benzene rings is 1. The summed E-state index contributed by atoms with van der Waals surface area (Å²) < 4.78 is 0. The molecule has 2 nitrogen and oxygen atoms in total. The van der Waals surface area contributed by atoms with Gasteiger partial charge in [-0.3, -0.25) is 0 Å². The lowest BCUT2D eigenvalue weighted by atomic mass is 9.85. The summed E-state index contributed by atoms with van der Waals surface area (Å²) in [7, 11) is 2.20. The highest BCUT2D eigenvalue weighted by molar-refractivity contribution is 5.48. The minimum absolute atomic E-state index is 0.377. The summed E-state index contributed by atoms with van der Waals surface area (Å²) >= 11 is 0. The monoisotopic (exact) mass is 247 g/mol. The van der Waals surface area contributed by atoms with Crippen molar-refractivity contribution in [3.63, 3.8) is 0 Å². The number of aliphatic hydroxyl groups excluding tert-OH is 1. The molecule has 2 heteroatoms. The topological polar surface area (TPSA) is 23.5 Å². The van der Waals surface area contributed by atoms with Crippen LogP contribution in [-0.2, 0) is 0 Å². The van der Waals surface area contributed by atoms with E-state index in [0.717, 1.165) is 11.5 Å². The van der Waals surface area contributed by atoms with E-state index in [1.165, 1.54) is 31.4 Å². The Labute approximate surface area is 111 Å². The fraction of sp³-hybridized carbons (Fsp3) is 0.625. The zero-order chi connectivity index (χ0) is 13.1. The molecule has 0 aliphatic heterocycles. The van der Waals surface area contributed by atoms with Gasteiger partial charge in [-0.1, -0.05) is 31.9 Å². The highest BCUT2D eigenvalue weighted by Crippen LogP contribution is 2.30. The van der Waals surface area contributed by atoms with Gasteiger partial charge in [-0.15, -0.1) is 0 Å². The lowest BCUT2D eigenvalue weighted by molar-refractivity contribution is 0.199. The van der Waals surface area contributed by atoms with Gasteiger partial charge in [0.2, 0.25) is 0 Å². The van der Waals surface area contributed by atoms with E-state index in [1.807, 2.05) is 19.1 Å². The van der Waals surface area contributed by atoms with E-state index in [2.05, 4.69) is 31.0 Å². The molecule has 3 atom stereocenters. The Morgan fingerprint density at radius 3 is 2.33 bits per heavy atom. The summed E-state index contributed by atoms with van der Waals surface area (Å²) in [5.74, 6) is 0.778. The van der Waals surface area contributed by atoms with Crippen LogP contribution in [0.15, 0.2) is 24.3 Å². The molecular formula is C16H25NO. The Morgan fingerprint density at radius 2 is 1.78 bits per heavy atom. The maximum absolute atomic E-state index is 9.53. The molecular weight excluding hydrogens is 222 g/mol. The minimum Gasteiger partial charge on any atom is -0.389 e. The number of anilines is 1. The molecule has 1 aliphatic carbocycles. The van der Waals surface area contributed by atoms with Crippen LogP contribution in [-0.4, -0.2) is 18.2 Å². The number of aliphatic hydroxyl groups is 1. The van der Waals surface area contributed by atoms with E-state index >= 15 is 0 Å². The molecule has 0 amide bonds. The van der Waals surface area contributed by atoms with Crippen LogP contribution >= 0.6 is 0 Å². The molecule has 0 saturated heterocycles. The van der Waals surface area contributed by atoms with Crippen LogP contribution in [0.2, 0.25) is 0 Å². The molecule has 1 fully saturated rings. The van der Waals surface area contributed by atoms with E-state index in [0.29, 0.717) is 6.04 Å². The van der Waals surface area contributed by atoms with Gasteiger partial charge in [0.05, 0.1) is 6.10 Å². The molecule has 2 unspecified atom stereocenters. The van der Waals surface area contributed by atoms with Crippen molar-refractivity contribution in [2.75, 3.05) is 11.9 Å². The predicted molar refractivity (Wildman–Crippen MR) is 76.9 cm³/mol. The summed E-state index contributed by atoms with van der Waals surface area (Å²) in [6.07, 6.45) is 5.01. The second kappa shape index (κ2) is 5.75. The van der Waals surface area contributed by atoms with Crippen molar-refractivity contribution in [3.8, 4) is 0 Å². The van der Waals surface area contributed by atoms with Crippen molar-refractivity contribution in [3.05, 3.63) is 29.8 Å². The molecule has 18 heavy (non-hydrogen) atoms. The smallest absolute Gasteiger partial charge is 0.0761 e. The van der Waals surface area contributed by atoms with Crippen LogP contribution in [0.3, 0.4) is 0 Å². The van der Waals surface area contributed by atoms with E-state index in [4.69, 9.17) is 0 Å². The molecule has 1 N–H and O–H groups in total. The average molecular weight is 247 g/mol. The molecule has 2 rings (SSSR count). The summed E-state index contributed by atoms with van der Waals surface area (Å²) in [4.78, 5) is 2.41. The molecule has 100 valence electrons. The van der Waals surface area contributed by atoms with Crippen molar-refractivity contribution >= 4 is 5.69 Å². The van der Waals surface area contributed by atoms with Gasteiger partial charge in [-0.25, -0.2) is 0 Å². The van der Waals surface area contributed by atoms with Gasteiger partial charge in [-0.05, 0) is 43.4 Å². The molecule has 1 aromatic rings. The van der Waals surface area contributed by atoms with Crippen LogP contribution in [0.25, 0.3) is 0 Å². The Balaban J connectivity index is 2.10. The first kappa shape index (κ1) is 13.4. The van der Waals surface area contributed by atoms with Crippen LogP contribution in [0, 0.1) is 5.92 Å². The van der Waals surface area contributed by atoms with Crippen LogP contribution in [0.5, 0.6) is 0 Å². The van der Waals surface area contributed by atoms with E-state index in [1.54, 1.807) is 0 Å². The predicted octanol–water partition coefficient (Wildman–Crippen LogP) is 3.75. The van der Waals surface area contributed by atoms with Crippen LogP contribution in [0.1, 0.15) is 51.2 Å². The fourth-order valence-corrected chi connectivity index (χ4v) is 3.05. The first-order valence-corrected chi connectivity index (χ1v) is 7.10. The van der Waals surface area contributed by atoms with Gasteiger partial charge in [0, 0.05) is 18.8 Å². The Morgan fingerprint density at radius 1 is 1.17 bits per heavy atom.